The molecular weight excluding hydrogens is 500 g/mol. The van der Waals surface area contributed by atoms with Crippen molar-refractivity contribution in [3.8, 4) is 0 Å². The van der Waals surface area contributed by atoms with Gasteiger partial charge < -0.3 is 37.9 Å². The lowest BCUT2D eigenvalue weighted by atomic mass is 9.77. The molecule has 0 N–H and O–H groups in total. The summed E-state index contributed by atoms with van der Waals surface area (Å²) in [6.07, 6.45) is -8.06. The Labute approximate surface area is 212 Å². The van der Waals surface area contributed by atoms with Crippen LogP contribution in [0, 0.1) is 11.8 Å². The minimum atomic E-state index is -1.50. The topological polar surface area (TPSA) is 176 Å². The van der Waals surface area contributed by atoms with Crippen molar-refractivity contribution in [3.05, 3.63) is 0 Å². The third kappa shape index (κ3) is 6.74. The van der Waals surface area contributed by atoms with Crippen LogP contribution in [0.25, 0.3) is 0 Å². The van der Waals surface area contributed by atoms with Crippen LogP contribution in [0.2, 0.25) is 0 Å². The molecule has 1 saturated carbocycles. The Hall–Kier alpha value is -3.26. The standard InChI is InChI=1S/C23H30O14/c1-9(24)31-8-16-18(32-10(2)25)19(33-11(3)26)20(34-12(4)27)23(37-16)36-15-7-13-6-14(21(28)35-13)17(15)22(29)30-5/h13-20,23H,6-8H2,1-5H3/t13-,14+,15-,16-,17+,18-,19+,20-,23-/m1/s1. The van der Waals surface area contributed by atoms with Crippen LogP contribution in [0.3, 0.4) is 0 Å². The van der Waals surface area contributed by atoms with E-state index >= 15 is 0 Å². The van der Waals surface area contributed by atoms with Gasteiger partial charge in [0.1, 0.15) is 18.8 Å². The average Bonchev–Trinajstić information content (AvgIpc) is 3.08. The predicted molar refractivity (Wildman–Crippen MR) is 115 cm³/mol. The van der Waals surface area contributed by atoms with Crippen LogP contribution in [0.1, 0.15) is 40.5 Å². The highest BCUT2D eigenvalue weighted by molar-refractivity contribution is 5.84. The molecule has 3 aliphatic rings. The molecule has 9 atom stereocenters. The molecule has 206 valence electrons. The number of hydrogen-bond acceptors (Lipinski definition) is 14. The van der Waals surface area contributed by atoms with Crippen molar-refractivity contribution in [2.24, 2.45) is 11.8 Å². The minimum Gasteiger partial charge on any atom is -0.469 e. The molecule has 37 heavy (non-hydrogen) atoms. The maximum Gasteiger partial charge on any atom is 0.312 e. The second-order valence-electron chi connectivity index (χ2n) is 8.93. The van der Waals surface area contributed by atoms with Gasteiger partial charge in [0.2, 0.25) is 0 Å². The Morgan fingerprint density at radius 1 is 0.838 bits per heavy atom. The van der Waals surface area contributed by atoms with E-state index in [2.05, 4.69) is 0 Å². The molecule has 1 aliphatic carbocycles. The van der Waals surface area contributed by atoms with Gasteiger partial charge in [0.15, 0.2) is 24.6 Å². The first kappa shape index (κ1) is 28.3. The summed E-state index contributed by atoms with van der Waals surface area (Å²) in [4.78, 5) is 72.2. The molecule has 0 radical (unpaired) electrons. The summed E-state index contributed by atoms with van der Waals surface area (Å²) in [5.74, 6) is -6.18. The van der Waals surface area contributed by atoms with E-state index < -0.39 is 97.2 Å². The first-order valence-corrected chi connectivity index (χ1v) is 11.7. The van der Waals surface area contributed by atoms with E-state index in [1.54, 1.807) is 0 Å². The summed E-state index contributed by atoms with van der Waals surface area (Å²) in [6, 6.07) is 0. The van der Waals surface area contributed by atoms with Gasteiger partial charge in [0, 0.05) is 34.1 Å². The lowest BCUT2D eigenvalue weighted by Gasteiger charge is -2.45. The summed E-state index contributed by atoms with van der Waals surface area (Å²) in [7, 11) is 1.17. The lowest BCUT2D eigenvalue weighted by molar-refractivity contribution is -0.322. The van der Waals surface area contributed by atoms with Crippen LogP contribution in [0.5, 0.6) is 0 Å². The molecule has 0 aromatic rings. The highest BCUT2D eigenvalue weighted by Gasteiger charge is 2.57. The Kier molecular flexibility index (Phi) is 9.07. The fourth-order valence-corrected chi connectivity index (χ4v) is 4.84. The summed E-state index contributed by atoms with van der Waals surface area (Å²) in [5.41, 5.74) is 0. The van der Waals surface area contributed by atoms with Gasteiger partial charge in [0.05, 0.1) is 25.0 Å². The van der Waals surface area contributed by atoms with Gasteiger partial charge in [-0.25, -0.2) is 0 Å². The minimum absolute atomic E-state index is 0.106. The molecule has 2 heterocycles. The maximum absolute atomic E-state index is 12.6. The van der Waals surface area contributed by atoms with Crippen molar-refractivity contribution in [1.29, 1.82) is 0 Å². The van der Waals surface area contributed by atoms with Gasteiger partial charge >= 0.3 is 35.8 Å². The van der Waals surface area contributed by atoms with Gasteiger partial charge in [0.25, 0.3) is 0 Å². The van der Waals surface area contributed by atoms with Crippen LogP contribution in [-0.2, 0) is 66.7 Å². The second-order valence-corrected chi connectivity index (χ2v) is 8.93. The Balaban J connectivity index is 1.98. The third-order valence-corrected chi connectivity index (χ3v) is 6.16. The SMILES string of the molecule is COC(=O)[C@H]1[C@@H]2C[C@H](C[C@H]1O[C@@H]1O[C@H](COC(C)=O)[C@@H](OC(C)=O)[C@H](OC(C)=O)[C@H]1OC(C)=O)OC2=O. The molecule has 2 saturated heterocycles. The molecule has 0 aromatic carbocycles. The lowest BCUT2D eigenvalue weighted by Crippen LogP contribution is -2.64. The highest BCUT2D eigenvalue weighted by Crippen LogP contribution is 2.42. The number of carbonyl (C=O) groups excluding carboxylic acids is 6. The number of hydrogen-bond donors (Lipinski definition) is 0. The number of rotatable bonds is 8. The van der Waals surface area contributed by atoms with Crippen molar-refractivity contribution in [3.63, 3.8) is 0 Å². The molecule has 2 bridgehead atoms. The number of carbonyl (C=O) groups is 6. The summed E-state index contributed by atoms with van der Waals surface area (Å²) in [6.45, 7) is 4.01. The average molecular weight is 530 g/mol. The molecule has 3 rings (SSSR count). The van der Waals surface area contributed by atoms with Crippen LogP contribution in [-0.4, -0.2) is 92.4 Å². The molecule has 2 aliphatic heterocycles. The van der Waals surface area contributed by atoms with Crippen molar-refractivity contribution in [2.45, 2.75) is 83.5 Å². The normalized spacial score (nSPS) is 34.5. The Bertz CT molecular complexity index is 930. The Morgan fingerprint density at radius 3 is 2.00 bits per heavy atom. The maximum atomic E-state index is 12.6. The molecule has 0 spiro atoms. The molecule has 0 unspecified atom stereocenters. The third-order valence-electron chi connectivity index (χ3n) is 6.16. The molecular formula is C23H30O14. The van der Waals surface area contributed by atoms with Gasteiger partial charge in [-0.05, 0) is 6.42 Å². The number of fused-ring (bicyclic) bond motifs is 2. The summed E-state index contributed by atoms with van der Waals surface area (Å²) >= 11 is 0. The first-order chi connectivity index (χ1) is 17.4. The van der Waals surface area contributed by atoms with E-state index in [9.17, 15) is 28.8 Å². The van der Waals surface area contributed by atoms with E-state index in [1.165, 1.54) is 7.11 Å². The van der Waals surface area contributed by atoms with Crippen LogP contribution < -0.4 is 0 Å². The van der Waals surface area contributed by atoms with Gasteiger partial charge in [-0.2, -0.15) is 0 Å². The van der Waals surface area contributed by atoms with Crippen LogP contribution in [0.15, 0.2) is 0 Å². The van der Waals surface area contributed by atoms with E-state index in [0.717, 1.165) is 27.7 Å². The fraction of sp³-hybridized carbons (Fsp3) is 0.739. The van der Waals surface area contributed by atoms with Gasteiger partial charge in [-0.15, -0.1) is 0 Å². The zero-order valence-corrected chi connectivity index (χ0v) is 21.0. The molecule has 14 nitrogen and oxygen atoms in total. The van der Waals surface area contributed by atoms with Crippen molar-refractivity contribution < 1.29 is 66.7 Å². The summed E-state index contributed by atoms with van der Waals surface area (Å²) in [5, 5.41) is 0. The number of ether oxygens (including phenoxy) is 8. The molecule has 3 fully saturated rings. The molecule has 14 heteroatoms. The molecule has 0 aromatic heterocycles. The van der Waals surface area contributed by atoms with Crippen molar-refractivity contribution in [1.82, 2.24) is 0 Å². The Morgan fingerprint density at radius 2 is 1.43 bits per heavy atom. The monoisotopic (exact) mass is 530 g/mol. The van der Waals surface area contributed by atoms with E-state index in [-0.39, 0.29) is 6.42 Å². The fourth-order valence-electron chi connectivity index (χ4n) is 4.84. The highest BCUT2D eigenvalue weighted by atomic mass is 16.7. The summed E-state index contributed by atoms with van der Waals surface area (Å²) < 4.78 is 43.3. The van der Waals surface area contributed by atoms with E-state index in [4.69, 9.17) is 37.9 Å². The van der Waals surface area contributed by atoms with Crippen LogP contribution >= 0.6 is 0 Å². The van der Waals surface area contributed by atoms with Crippen molar-refractivity contribution in [2.75, 3.05) is 13.7 Å². The zero-order valence-electron chi connectivity index (χ0n) is 21.0. The largest absolute Gasteiger partial charge is 0.469 e. The van der Waals surface area contributed by atoms with Crippen LogP contribution in [0.4, 0.5) is 0 Å². The van der Waals surface area contributed by atoms with Crippen molar-refractivity contribution >= 4 is 35.8 Å². The van der Waals surface area contributed by atoms with E-state index in [1.807, 2.05) is 0 Å². The number of methoxy groups -OCH3 is 1. The predicted octanol–water partition coefficient (Wildman–Crippen LogP) is -0.421. The molecule has 0 amide bonds. The van der Waals surface area contributed by atoms with Gasteiger partial charge in [-0.1, -0.05) is 0 Å². The second kappa shape index (κ2) is 11.9. The first-order valence-electron chi connectivity index (χ1n) is 11.7. The number of esters is 6. The smallest absolute Gasteiger partial charge is 0.312 e. The van der Waals surface area contributed by atoms with E-state index in [0.29, 0.717) is 6.42 Å². The quantitative estimate of drug-likeness (QED) is 0.292. The van der Waals surface area contributed by atoms with Gasteiger partial charge in [-0.3, -0.25) is 28.8 Å². The zero-order chi connectivity index (χ0) is 27.4.